The first-order valence-electron chi connectivity index (χ1n) is 12.7. The number of para-hydroxylation sites is 3. The van der Waals surface area contributed by atoms with Gasteiger partial charge in [-0.2, -0.15) is 0 Å². The quantitative estimate of drug-likeness (QED) is 0.268. The number of anilines is 1. The van der Waals surface area contributed by atoms with Crippen molar-refractivity contribution in [3.63, 3.8) is 0 Å². The molecule has 0 saturated carbocycles. The highest BCUT2D eigenvalue weighted by atomic mass is 15.2. The van der Waals surface area contributed by atoms with E-state index in [9.17, 15) is 0 Å². The molecule has 1 aliphatic heterocycles. The van der Waals surface area contributed by atoms with Gasteiger partial charge in [0, 0.05) is 38.9 Å². The second-order valence-corrected chi connectivity index (χ2v) is 9.92. The van der Waals surface area contributed by atoms with Crippen LogP contribution in [0.1, 0.15) is 11.4 Å². The standard InChI is InChI=1S/C32H21N5/c1-18-30-23(12-8-16-33-30)35-32(34-18)37-26-15-7-3-10-20(26)28-27(37)17-22-19-9-2-5-13-24(19)36-25-14-6-4-11-21(25)29(28)31(22)36/h2-15,17,33H,16H2,1H3. The van der Waals surface area contributed by atoms with Crippen LogP contribution in [-0.2, 0) is 0 Å². The molecular formula is C32H21N5. The predicted molar refractivity (Wildman–Crippen MR) is 153 cm³/mol. The predicted octanol–water partition coefficient (Wildman–Crippen LogP) is 7.47. The van der Waals surface area contributed by atoms with Gasteiger partial charge in [-0.3, -0.25) is 4.57 Å². The van der Waals surface area contributed by atoms with Crippen LogP contribution in [0.3, 0.4) is 0 Å². The summed E-state index contributed by atoms with van der Waals surface area (Å²) in [4.78, 5) is 10.1. The van der Waals surface area contributed by atoms with E-state index in [2.05, 4.69) is 112 Å². The lowest BCUT2D eigenvalue weighted by atomic mass is 10.0. The highest BCUT2D eigenvalue weighted by molar-refractivity contribution is 6.35. The summed E-state index contributed by atoms with van der Waals surface area (Å²) in [5, 5.41) is 11.0. The van der Waals surface area contributed by atoms with Gasteiger partial charge in [-0.25, -0.2) is 9.97 Å². The molecule has 1 aliphatic rings. The van der Waals surface area contributed by atoms with E-state index < -0.39 is 0 Å². The fourth-order valence-electron chi connectivity index (χ4n) is 6.53. The van der Waals surface area contributed by atoms with Crippen LogP contribution in [-0.4, -0.2) is 25.5 Å². The van der Waals surface area contributed by atoms with Crippen molar-refractivity contribution >= 4 is 71.7 Å². The maximum absolute atomic E-state index is 5.06. The highest BCUT2D eigenvalue weighted by Crippen LogP contribution is 2.46. The molecule has 0 amide bonds. The summed E-state index contributed by atoms with van der Waals surface area (Å²) in [6.07, 6.45) is 4.21. The third kappa shape index (κ3) is 2.30. The maximum Gasteiger partial charge on any atom is 0.235 e. The molecule has 5 nitrogen and oxygen atoms in total. The Bertz CT molecular complexity index is 2260. The lowest BCUT2D eigenvalue weighted by Gasteiger charge is -2.16. The van der Waals surface area contributed by atoms with Gasteiger partial charge in [-0.05, 0) is 37.3 Å². The minimum Gasteiger partial charge on any atom is -0.378 e. The van der Waals surface area contributed by atoms with Gasteiger partial charge in [0.2, 0.25) is 5.95 Å². The van der Waals surface area contributed by atoms with Gasteiger partial charge >= 0.3 is 0 Å². The first-order valence-corrected chi connectivity index (χ1v) is 12.7. The molecule has 0 spiro atoms. The van der Waals surface area contributed by atoms with Crippen LogP contribution in [0, 0.1) is 6.92 Å². The van der Waals surface area contributed by atoms with Crippen LogP contribution < -0.4 is 5.32 Å². The van der Waals surface area contributed by atoms with E-state index in [0.717, 1.165) is 34.7 Å². The van der Waals surface area contributed by atoms with Gasteiger partial charge < -0.3 is 9.72 Å². The molecule has 0 bridgehead atoms. The zero-order valence-electron chi connectivity index (χ0n) is 20.2. The molecule has 0 aliphatic carbocycles. The summed E-state index contributed by atoms with van der Waals surface area (Å²) >= 11 is 0. The largest absolute Gasteiger partial charge is 0.378 e. The van der Waals surface area contributed by atoms with Crippen molar-refractivity contribution in [2.24, 2.45) is 0 Å². The molecule has 0 radical (unpaired) electrons. The van der Waals surface area contributed by atoms with E-state index in [-0.39, 0.29) is 0 Å². The molecule has 0 saturated heterocycles. The van der Waals surface area contributed by atoms with E-state index in [1.165, 1.54) is 48.9 Å². The molecule has 0 unspecified atom stereocenters. The Hall–Kier alpha value is -4.90. The number of fused-ring (bicyclic) bond motifs is 11. The van der Waals surface area contributed by atoms with E-state index in [4.69, 9.17) is 9.97 Å². The Morgan fingerprint density at radius 3 is 2.19 bits per heavy atom. The summed E-state index contributed by atoms with van der Waals surface area (Å²) in [7, 11) is 0. The Balaban J connectivity index is 1.57. The average molecular weight is 476 g/mol. The van der Waals surface area contributed by atoms with Gasteiger partial charge in [0.05, 0.1) is 44.7 Å². The molecule has 5 heteroatoms. The zero-order chi connectivity index (χ0) is 24.2. The molecular weight excluding hydrogens is 454 g/mol. The van der Waals surface area contributed by atoms with Crippen molar-refractivity contribution in [2.75, 3.05) is 11.9 Å². The molecule has 174 valence electrons. The minimum atomic E-state index is 0.706. The fourth-order valence-corrected chi connectivity index (χ4v) is 6.53. The van der Waals surface area contributed by atoms with Crippen molar-refractivity contribution in [3.8, 4) is 5.95 Å². The van der Waals surface area contributed by atoms with Crippen LogP contribution in [0.5, 0.6) is 0 Å². The van der Waals surface area contributed by atoms with E-state index >= 15 is 0 Å². The topological polar surface area (TPSA) is 47.2 Å². The molecule has 9 rings (SSSR count). The Kier molecular flexibility index (Phi) is 3.47. The summed E-state index contributed by atoms with van der Waals surface area (Å²) in [6, 6.07) is 28.5. The van der Waals surface area contributed by atoms with Gasteiger partial charge in [0.15, 0.2) is 0 Å². The number of benzene rings is 4. The SMILES string of the molecule is Cc1nc(-n2c3ccccc3c3c4c5ccccc5n5c6ccccc6c(cc32)c45)nc2c1NCC=C2. The lowest BCUT2D eigenvalue weighted by Crippen LogP contribution is -2.12. The molecule has 37 heavy (non-hydrogen) atoms. The molecule has 0 atom stereocenters. The normalized spacial score (nSPS) is 13.5. The summed E-state index contributed by atoms with van der Waals surface area (Å²) in [5.41, 5.74) is 8.94. The fraction of sp³-hybridized carbons (Fsp3) is 0.0625. The van der Waals surface area contributed by atoms with Crippen molar-refractivity contribution in [2.45, 2.75) is 6.92 Å². The van der Waals surface area contributed by atoms with E-state index in [1.807, 2.05) is 0 Å². The van der Waals surface area contributed by atoms with Crippen LogP contribution in [0.15, 0.2) is 84.9 Å². The van der Waals surface area contributed by atoms with Crippen LogP contribution in [0.25, 0.3) is 71.9 Å². The summed E-state index contributed by atoms with van der Waals surface area (Å²) < 4.78 is 4.69. The Morgan fingerprint density at radius 1 is 0.703 bits per heavy atom. The van der Waals surface area contributed by atoms with Gasteiger partial charge in [-0.1, -0.05) is 60.7 Å². The van der Waals surface area contributed by atoms with Crippen molar-refractivity contribution < 1.29 is 0 Å². The third-order valence-corrected chi connectivity index (χ3v) is 7.99. The molecule has 1 N–H and O–H groups in total. The van der Waals surface area contributed by atoms with Crippen molar-refractivity contribution in [1.29, 1.82) is 0 Å². The van der Waals surface area contributed by atoms with Crippen LogP contribution in [0.2, 0.25) is 0 Å². The van der Waals surface area contributed by atoms with Gasteiger partial charge in [0.1, 0.15) is 0 Å². The van der Waals surface area contributed by atoms with Gasteiger partial charge in [0.25, 0.3) is 0 Å². The first-order chi connectivity index (χ1) is 18.3. The van der Waals surface area contributed by atoms with Crippen molar-refractivity contribution in [1.82, 2.24) is 18.9 Å². The van der Waals surface area contributed by atoms with E-state index in [1.54, 1.807) is 0 Å². The van der Waals surface area contributed by atoms with Crippen LogP contribution >= 0.6 is 0 Å². The van der Waals surface area contributed by atoms with Crippen molar-refractivity contribution in [3.05, 3.63) is 96.3 Å². The zero-order valence-corrected chi connectivity index (χ0v) is 20.2. The summed E-state index contributed by atoms with van der Waals surface area (Å²) in [5.74, 6) is 0.706. The molecule has 5 heterocycles. The number of hydrogen-bond donors (Lipinski definition) is 1. The third-order valence-electron chi connectivity index (χ3n) is 7.99. The number of aromatic nitrogens is 4. The minimum absolute atomic E-state index is 0.706. The second kappa shape index (κ2) is 6.65. The number of nitrogens with one attached hydrogen (secondary N) is 1. The lowest BCUT2D eigenvalue weighted by molar-refractivity contribution is 0.954. The molecule has 4 aromatic heterocycles. The monoisotopic (exact) mass is 475 g/mol. The van der Waals surface area contributed by atoms with E-state index in [0.29, 0.717) is 5.95 Å². The number of aryl methyl sites for hydroxylation is 1. The van der Waals surface area contributed by atoms with Crippen LogP contribution in [0.4, 0.5) is 5.69 Å². The van der Waals surface area contributed by atoms with Gasteiger partial charge in [-0.15, -0.1) is 0 Å². The summed E-state index contributed by atoms with van der Waals surface area (Å²) in [6.45, 7) is 2.86. The average Bonchev–Trinajstić information content (AvgIpc) is 3.57. The number of rotatable bonds is 1. The number of hydrogen-bond acceptors (Lipinski definition) is 3. The highest BCUT2D eigenvalue weighted by Gasteiger charge is 2.25. The maximum atomic E-state index is 5.06. The molecule has 4 aromatic carbocycles. The Labute approximate surface area is 211 Å². The number of nitrogens with zero attached hydrogens (tertiary/aromatic N) is 4. The smallest absolute Gasteiger partial charge is 0.235 e. The Morgan fingerprint density at radius 2 is 1.38 bits per heavy atom. The molecule has 0 fully saturated rings. The first kappa shape index (κ1) is 19.3. The molecule has 8 aromatic rings. The second-order valence-electron chi connectivity index (χ2n) is 9.92.